The number of benzene rings is 3. The van der Waals surface area contributed by atoms with Crippen LogP contribution in [0.3, 0.4) is 0 Å². The summed E-state index contributed by atoms with van der Waals surface area (Å²) < 4.78 is 27.5. The van der Waals surface area contributed by atoms with Crippen LogP contribution in [0.4, 0.5) is 5.13 Å². The third-order valence-electron chi connectivity index (χ3n) is 6.20. The smallest absolute Gasteiger partial charge is 0.266 e. The third kappa shape index (κ3) is 5.45. The van der Waals surface area contributed by atoms with E-state index in [9.17, 15) is 18.0 Å². The monoisotopic (exact) mass is 532 g/mol. The van der Waals surface area contributed by atoms with Gasteiger partial charge in [-0.2, -0.15) is 0 Å². The second kappa shape index (κ2) is 10.2. The highest BCUT2D eigenvalue weighted by molar-refractivity contribution is 7.89. The lowest BCUT2D eigenvalue weighted by Crippen LogP contribution is -2.32. The van der Waals surface area contributed by atoms with Crippen LogP contribution in [0.25, 0.3) is 0 Å². The first kappa shape index (κ1) is 24.8. The Bertz CT molecular complexity index is 1550. The number of hydrogen-bond acceptors (Lipinski definition) is 7. The molecule has 0 aliphatic carbocycles. The normalized spacial score (nSPS) is 15.6. The van der Waals surface area contributed by atoms with Crippen LogP contribution in [0.15, 0.2) is 83.8 Å². The molecule has 1 N–H and O–H groups in total. The first-order chi connectivity index (χ1) is 17.8. The lowest BCUT2D eigenvalue weighted by molar-refractivity contribution is -0.123. The van der Waals surface area contributed by atoms with E-state index in [1.807, 2.05) is 61.5 Å². The van der Waals surface area contributed by atoms with Crippen LogP contribution >= 0.6 is 11.3 Å². The molecule has 37 heavy (non-hydrogen) atoms. The summed E-state index contributed by atoms with van der Waals surface area (Å²) in [4.78, 5) is 25.4. The summed E-state index contributed by atoms with van der Waals surface area (Å²) in [6.07, 6.45) is 0.709. The van der Waals surface area contributed by atoms with Crippen molar-refractivity contribution in [1.29, 1.82) is 0 Å². The van der Waals surface area contributed by atoms with Gasteiger partial charge in [-0.05, 0) is 36.2 Å². The number of sulfonamides is 1. The van der Waals surface area contributed by atoms with E-state index in [1.54, 1.807) is 0 Å². The van der Waals surface area contributed by atoms with Gasteiger partial charge in [-0.15, -0.1) is 10.2 Å². The lowest BCUT2D eigenvalue weighted by atomic mass is 9.99. The molecule has 0 bridgehead atoms. The Balaban J connectivity index is 1.29. The molecule has 1 aliphatic rings. The second-order valence-electron chi connectivity index (χ2n) is 8.89. The van der Waals surface area contributed by atoms with Gasteiger partial charge in [0.15, 0.2) is 0 Å². The predicted octanol–water partition coefficient (Wildman–Crippen LogP) is 4.39. The van der Waals surface area contributed by atoms with E-state index in [0.29, 0.717) is 11.6 Å². The number of carbonyl (C=O) groups excluding carboxylic acids is 2. The van der Waals surface area contributed by atoms with Crippen LogP contribution in [0, 0.1) is 6.92 Å². The van der Waals surface area contributed by atoms with E-state index in [1.165, 1.54) is 41.2 Å². The molecule has 0 saturated carbocycles. The van der Waals surface area contributed by atoms with Gasteiger partial charge in [0.05, 0.1) is 4.90 Å². The summed E-state index contributed by atoms with van der Waals surface area (Å²) in [5.74, 6) is -1.18. The molecule has 0 radical (unpaired) electrons. The predicted molar refractivity (Wildman–Crippen MR) is 141 cm³/mol. The zero-order chi connectivity index (χ0) is 26.0. The molecule has 2 heterocycles. The van der Waals surface area contributed by atoms with Crippen LogP contribution < -0.4 is 5.32 Å². The Hall–Kier alpha value is -3.89. The van der Waals surface area contributed by atoms with E-state index in [0.717, 1.165) is 20.4 Å². The van der Waals surface area contributed by atoms with Gasteiger partial charge < -0.3 is 0 Å². The standard InChI is InChI=1S/C27H24N4O4S2/c1-18-10-12-19(13-11-18)14-24-29-30-27(36-24)28-26(33)21-8-5-9-23(15-21)37(34,35)31-17-22(16-25(31)32)20-6-3-2-4-7-20/h2-13,15,22H,14,16-17H2,1H3,(H,28,30,33)/t22-/m1/s1. The van der Waals surface area contributed by atoms with E-state index >= 15 is 0 Å². The number of hydrogen-bond donors (Lipinski definition) is 1. The Morgan fingerprint density at radius 2 is 1.78 bits per heavy atom. The Labute approximate surface area is 219 Å². The number of anilines is 1. The Morgan fingerprint density at radius 1 is 1.03 bits per heavy atom. The number of carbonyl (C=O) groups is 2. The van der Waals surface area contributed by atoms with E-state index < -0.39 is 21.8 Å². The molecule has 10 heteroatoms. The van der Waals surface area contributed by atoms with Gasteiger partial charge >= 0.3 is 0 Å². The van der Waals surface area contributed by atoms with Crippen molar-refractivity contribution in [3.8, 4) is 0 Å². The van der Waals surface area contributed by atoms with E-state index in [-0.39, 0.29) is 29.3 Å². The number of amides is 2. The van der Waals surface area contributed by atoms with Crippen molar-refractivity contribution >= 4 is 38.3 Å². The zero-order valence-corrected chi connectivity index (χ0v) is 21.6. The van der Waals surface area contributed by atoms with Crippen molar-refractivity contribution in [2.45, 2.75) is 30.6 Å². The number of nitrogens with zero attached hydrogens (tertiary/aromatic N) is 3. The van der Waals surface area contributed by atoms with Crippen molar-refractivity contribution in [2.75, 3.05) is 11.9 Å². The highest BCUT2D eigenvalue weighted by Gasteiger charge is 2.39. The molecular formula is C27H24N4O4S2. The average molecular weight is 533 g/mol. The summed E-state index contributed by atoms with van der Waals surface area (Å²) in [7, 11) is -4.11. The molecular weight excluding hydrogens is 508 g/mol. The van der Waals surface area contributed by atoms with Crippen LogP contribution in [0.5, 0.6) is 0 Å². The lowest BCUT2D eigenvalue weighted by Gasteiger charge is -2.17. The molecule has 5 rings (SSSR count). The maximum atomic E-state index is 13.3. The van der Waals surface area contributed by atoms with Crippen LogP contribution in [-0.4, -0.2) is 41.3 Å². The molecule has 1 atom stereocenters. The van der Waals surface area contributed by atoms with Crippen molar-refractivity contribution in [1.82, 2.24) is 14.5 Å². The minimum atomic E-state index is -4.11. The quantitative estimate of drug-likeness (QED) is 0.378. The van der Waals surface area contributed by atoms with Crippen molar-refractivity contribution in [2.24, 2.45) is 0 Å². The first-order valence-corrected chi connectivity index (χ1v) is 13.9. The largest absolute Gasteiger partial charge is 0.296 e. The first-order valence-electron chi connectivity index (χ1n) is 11.7. The molecule has 1 aliphatic heterocycles. The SMILES string of the molecule is Cc1ccc(Cc2nnc(NC(=O)c3cccc(S(=O)(=O)N4C[C@H](c5ccccc5)CC4=O)c3)s2)cc1. The highest BCUT2D eigenvalue weighted by atomic mass is 32.2. The number of nitrogens with one attached hydrogen (secondary N) is 1. The summed E-state index contributed by atoms with van der Waals surface area (Å²) in [5.41, 5.74) is 3.31. The average Bonchev–Trinajstić information content (AvgIpc) is 3.52. The van der Waals surface area contributed by atoms with Crippen molar-refractivity contribution in [3.05, 3.63) is 106 Å². The number of rotatable bonds is 7. The van der Waals surface area contributed by atoms with Gasteiger partial charge in [-0.1, -0.05) is 77.6 Å². The van der Waals surface area contributed by atoms with Gasteiger partial charge in [0.2, 0.25) is 11.0 Å². The van der Waals surface area contributed by atoms with Crippen LogP contribution in [-0.2, 0) is 21.2 Å². The fraction of sp³-hybridized carbons (Fsp3) is 0.185. The van der Waals surface area contributed by atoms with Gasteiger partial charge in [-0.3, -0.25) is 14.9 Å². The Morgan fingerprint density at radius 3 is 2.54 bits per heavy atom. The molecule has 0 unspecified atom stereocenters. The molecule has 0 spiro atoms. The topological polar surface area (TPSA) is 109 Å². The number of aromatic nitrogens is 2. The maximum absolute atomic E-state index is 13.3. The van der Waals surface area contributed by atoms with Crippen molar-refractivity contribution < 1.29 is 18.0 Å². The minimum Gasteiger partial charge on any atom is -0.296 e. The summed E-state index contributed by atoms with van der Waals surface area (Å²) >= 11 is 1.26. The summed E-state index contributed by atoms with van der Waals surface area (Å²) in [6.45, 7) is 2.09. The zero-order valence-electron chi connectivity index (χ0n) is 20.0. The highest BCUT2D eigenvalue weighted by Crippen LogP contribution is 2.32. The molecule has 4 aromatic rings. The Kier molecular flexibility index (Phi) is 6.86. The molecule has 3 aromatic carbocycles. The van der Waals surface area contributed by atoms with Crippen molar-refractivity contribution in [3.63, 3.8) is 0 Å². The van der Waals surface area contributed by atoms with Gasteiger partial charge in [0.25, 0.3) is 15.9 Å². The molecule has 1 saturated heterocycles. The van der Waals surface area contributed by atoms with E-state index in [2.05, 4.69) is 15.5 Å². The second-order valence-corrected chi connectivity index (χ2v) is 11.8. The molecule has 8 nitrogen and oxygen atoms in total. The van der Waals surface area contributed by atoms with Gasteiger partial charge in [0.1, 0.15) is 5.01 Å². The van der Waals surface area contributed by atoms with E-state index in [4.69, 9.17) is 0 Å². The van der Waals surface area contributed by atoms with Crippen LogP contribution in [0.1, 0.15) is 44.4 Å². The molecule has 188 valence electrons. The fourth-order valence-corrected chi connectivity index (χ4v) is 6.48. The van der Waals surface area contributed by atoms with Gasteiger partial charge in [-0.25, -0.2) is 12.7 Å². The third-order valence-corrected chi connectivity index (χ3v) is 8.83. The van der Waals surface area contributed by atoms with Crippen LogP contribution in [0.2, 0.25) is 0 Å². The molecule has 1 fully saturated rings. The summed E-state index contributed by atoms with van der Waals surface area (Å²) in [6, 6.07) is 23.1. The van der Waals surface area contributed by atoms with Gasteiger partial charge in [0, 0.05) is 30.9 Å². The molecule has 1 aromatic heterocycles. The number of aryl methyl sites for hydroxylation is 1. The minimum absolute atomic E-state index is 0.0656. The summed E-state index contributed by atoms with van der Waals surface area (Å²) in [5, 5.41) is 11.9. The maximum Gasteiger partial charge on any atom is 0.266 e. The molecule has 2 amide bonds. The fourth-order valence-electron chi connectivity index (χ4n) is 4.21.